The summed E-state index contributed by atoms with van der Waals surface area (Å²) in [5.41, 5.74) is 3.97. The second-order valence-electron chi connectivity index (χ2n) is 6.24. The lowest BCUT2D eigenvalue weighted by Gasteiger charge is -2.29. The van der Waals surface area contributed by atoms with E-state index in [1.807, 2.05) is 0 Å². The van der Waals surface area contributed by atoms with Crippen molar-refractivity contribution in [3.8, 4) is 5.88 Å². The number of nitrogens with one attached hydrogen (secondary N) is 1. The minimum absolute atomic E-state index is 0.0423. The van der Waals surface area contributed by atoms with Crippen LogP contribution in [0.5, 0.6) is 5.88 Å². The average Bonchev–Trinajstić information content (AvgIpc) is 2.51. The Balaban J connectivity index is 1.64. The maximum atomic E-state index is 13.1. The van der Waals surface area contributed by atoms with Crippen LogP contribution in [0.2, 0.25) is 0 Å². The molecule has 1 amide bonds. The third-order valence-corrected chi connectivity index (χ3v) is 4.24. The molecule has 1 aromatic heterocycles. The fourth-order valence-electron chi connectivity index (χ4n) is 2.83. The van der Waals surface area contributed by atoms with Gasteiger partial charge in [-0.3, -0.25) is 0 Å². The van der Waals surface area contributed by atoms with Gasteiger partial charge in [-0.15, -0.1) is 0 Å². The minimum atomic E-state index is -4.61. The summed E-state index contributed by atoms with van der Waals surface area (Å²) in [5, 5.41) is 3.01. The lowest BCUT2D eigenvalue weighted by Crippen LogP contribution is -2.39. The van der Waals surface area contributed by atoms with Crippen molar-refractivity contribution in [2.75, 3.05) is 18.5 Å². The monoisotopic (exact) mass is 376 g/mol. The molecule has 0 atom stereocenters. The second kappa shape index (κ2) is 7.52. The number of nitrogens with two attached hydrogens (primary N) is 1. The van der Waals surface area contributed by atoms with Crippen molar-refractivity contribution >= 4 is 12.0 Å². The number of carbonyl (C=O) groups is 1. The molecule has 144 valence electrons. The molecule has 0 radical (unpaired) electrons. The molecule has 1 saturated carbocycles. The molecule has 1 saturated heterocycles. The van der Waals surface area contributed by atoms with Crippen molar-refractivity contribution in [1.82, 2.24) is 9.97 Å². The Bertz CT molecular complexity index is 646. The highest BCUT2D eigenvalue weighted by atomic mass is 19.4. The first-order valence-corrected chi connectivity index (χ1v) is 8.22. The first-order chi connectivity index (χ1) is 12.3. The number of amides is 1. The van der Waals surface area contributed by atoms with Gasteiger partial charge in [0.1, 0.15) is 17.8 Å². The Morgan fingerprint density at radius 1 is 1.23 bits per heavy atom. The van der Waals surface area contributed by atoms with Gasteiger partial charge in [0.15, 0.2) is 0 Å². The molecule has 8 nitrogen and oxygen atoms in total. The Morgan fingerprint density at radius 2 is 1.92 bits per heavy atom. The van der Waals surface area contributed by atoms with Crippen molar-refractivity contribution in [2.24, 2.45) is 5.73 Å². The van der Waals surface area contributed by atoms with Crippen molar-refractivity contribution in [2.45, 2.75) is 50.1 Å². The van der Waals surface area contributed by atoms with E-state index >= 15 is 0 Å². The average molecular weight is 376 g/mol. The molecule has 0 unspecified atom stereocenters. The first-order valence-electron chi connectivity index (χ1n) is 8.22. The summed E-state index contributed by atoms with van der Waals surface area (Å²) in [6.45, 7) is 0.460. The Kier molecular flexibility index (Phi) is 5.35. The third kappa shape index (κ3) is 4.65. The molecule has 2 aliphatic rings. The molecule has 1 aliphatic heterocycles. The summed E-state index contributed by atoms with van der Waals surface area (Å²) in [7, 11) is 0. The zero-order valence-corrected chi connectivity index (χ0v) is 13.8. The molecule has 2 fully saturated rings. The van der Waals surface area contributed by atoms with E-state index in [0.29, 0.717) is 31.9 Å². The third-order valence-electron chi connectivity index (χ3n) is 4.24. The largest absolute Gasteiger partial charge is 0.469 e. The number of rotatable bonds is 5. The quantitative estimate of drug-likeness (QED) is 0.810. The molecule has 1 aliphatic carbocycles. The SMILES string of the molecule is NC(=O)OC1CCC(Nc2ncc(C(F)(F)F)c(OC3COC3)n2)CC1. The van der Waals surface area contributed by atoms with Gasteiger partial charge in [-0.1, -0.05) is 0 Å². The van der Waals surface area contributed by atoms with Crippen LogP contribution < -0.4 is 15.8 Å². The Hall–Kier alpha value is -2.30. The molecule has 1 aromatic rings. The lowest BCUT2D eigenvalue weighted by molar-refractivity contribution is -0.142. The topological polar surface area (TPSA) is 109 Å². The Morgan fingerprint density at radius 3 is 2.46 bits per heavy atom. The number of primary amides is 1. The molecule has 0 aromatic carbocycles. The van der Waals surface area contributed by atoms with Crippen LogP contribution in [0.3, 0.4) is 0 Å². The molecular weight excluding hydrogens is 357 g/mol. The van der Waals surface area contributed by atoms with E-state index < -0.39 is 29.8 Å². The molecule has 0 spiro atoms. The number of hydrogen-bond acceptors (Lipinski definition) is 7. The highest BCUT2D eigenvalue weighted by Gasteiger charge is 2.38. The molecule has 2 heterocycles. The minimum Gasteiger partial charge on any atom is -0.469 e. The number of nitrogens with zero attached hydrogens (tertiary/aromatic N) is 2. The molecule has 26 heavy (non-hydrogen) atoms. The fraction of sp³-hybridized carbons (Fsp3) is 0.667. The molecule has 3 N–H and O–H groups in total. The van der Waals surface area contributed by atoms with Crippen molar-refractivity contribution in [3.05, 3.63) is 11.8 Å². The standard InChI is InChI=1S/C15H19F3N4O4/c16-15(17,18)11-5-20-14(22-12(11)25-10-6-24-7-10)21-8-1-3-9(4-2-8)26-13(19)23/h5,8-10H,1-4,6-7H2,(H2,19,23)(H,20,21,22). The lowest BCUT2D eigenvalue weighted by atomic mass is 9.93. The summed E-state index contributed by atoms with van der Waals surface area (Å²) in [6.07, 6.45) is -2.89. The van der Waals surface area contributed by atoms with Gasteiger partial charge in [0.05, 0.1) is 13.2 Å². The van der Waals surface area contributed by atoms with Crippen LogP contribution in [-0.2, 0) is 15.7 Å². The van der Waals surface area contributed by atoms with Crippen molar-refractivity contribution in [1.29, 1.82) is 0 Å². The van der Waals surface area contributed by atoms with E-state index in [0.717, 1.165) is 0 Å². The summed E-state index contributed by atoms with van der Waals surface area (Å²) >= 11 is 0. The van der Waals surface area contributed by atoms with Crippen LogP contribution in [0.1, 0.15) is 31.2 Å². The maximum absolute atomic E-state index is 13.1. The number of hydrogen-bond donors (Lipinski definition) is 2. The van der Waals surface area contributed by atoms with Gasteiger partial charge >= 0.3 is 12.3 Å². The number of alkyl halides is 3. The van der Waals surface area contributed by atoms with Crippen LogP contribution in [0.15, 0.2) is 6.20 Å². The summed E-state index contributed by atoms with van der Waals surface area (Å²) in [4.78, 5) is 18.4. The van der Waals surface area contributed by atoms with Gasteiger partial charge in [-0.2, -0.15) is 18.2 Å². The van der Waals surface area contributed by atoms with Crippen LogP contribution in [0.25, 0.3) is 0 Å². The number of halogens is 3. The van der Waals surface area contributed by atoms with E-state index in [9.17, 15) is 18.0 Å². The van der Waals surface area contributed by atoms with Crippen molar-refractivity contribution < 1.29 is 32.2 Å². The second-order valence-corrected chi connectivity index (χ2v) is 6.24. The highest BCUT2D eigenvalue weighted by Crippen LogP contribution is 2.36. The predicted molar refractivity (Wildman–Crippen MR) is 82.6 cm³/mol. The van der Waals surface area contributed by atoms with Crippen LogP contribution in [0, 0.1) is 0 Å². The first kappa shape index (κ1) is 18.5. The molecular formula is C15H19F3N4O4. The smallest absolute Gasteiger partial charge is 0.423 e. The summed E-state index contributed by atoms with van der Waals surface area (Å²) < 4.78 is 54.4. The molecule has 0 bridgehead atoms. The number of anilines is 1. The maximum Gasteiger partial charge on any atom is 0.423 e. The molecule has 11 heteroatoms. The van der Waals surface area contributed by atoms with Crippen LogP contribution in [-0.4, -0.2) is 47.5 Å². The highest BCUT2D eigenvalue weighted by molar-refractivity contribution is 5.64. The van der Waals surface area contributed by atoms with Crippen LogP contribution >= 0.6 is 0 Å². The van der Waals surface area contributed by atoms with Crippen LogP contribution in [0.4, 0.5) is 23.9 Å². The summed E-state index contributed by atoms with van der Waals surface area (Å²) in [5.74, 6) is -0.443. The Labute approximate surface area is 147 Å². The molecule has 3 rings (SSSR count). The van der Waals surface area contributed by atoms with E-state index in [2.05, 4.69) is 15.3 Å². The number of aromatic nitrogens is 2. The van der Waals surface area contributed by atoms with Gasteiger partial charge in [0.2, 0.25) is 11.8 Å². The van der Waals surface area contributed by atoms with E-state index in [-0.39, 0.29) is 31.3 Å². The van der Waals surface area contributed by atoms with E-state index in [4.69, 9.17) is 19.9 Å². The van der Waals surface area contributed by atoms with Gasteiger partial charge in [-0.05, 0) is 25.7 Å². The predicted octanol–water partition coefficient (Wildman–Crippen LogP) is 2.09. The normalized spacial score (nSPS) is 23.8. The van der Waals surface area contributed by atoms with Gasteiger partial charge in [0, 0.05) is 12.2 Å². The fourth-order valence-corrected chi connectivity index (χ4v) is 2.83. The summed E-state index contributed by atoms with van der Waals surface area (Å²) in [6, 6.07) is -0.0423. The van der Waals surface area contributed by atoms with Gasteiger partial charge in [0.25, 0.3) is 0 Å². The van der Waals surface area contributed by atoms with E-state index in [1.54, 1.807) is 0 Å². The zero-order valence-electron chi connectivity index (χ0n) is 13.8. The van der Waals surface area contributed by atoms with Gasteiger partial charge < -0.3 is 25.3 Å². The number of carbonyl (C=O) groups excluding carboxylic acids is 1. The van der Waals surface area contributed by atoms with Crippen molar-refractivity contribution in [3.63, 3.8) is 0 Å². The van der Waals surface area contributed by atoms with E-state index in [1.165, 1.54) is 0 Å². The van der Waals surface area contributed by atoms with Gasteiger partial charge in [-0.25, -0.2) is 9.78 Å². The zero-order chi connectivity index (χ0) is 18.7. The number of ether oxygens (including phenoxy) is 3.